The van der Waals surface area contributed by atoms with E-state index >= 15 is 0 Å². The number of benzene rings is 2. The van der Waals surface area contributed by atoms with Crippen molar-refractivity contribution in [1.82, 2.24) is 5.32 Å². The van der Waals surface area contributed by atoms with Crippen LogP contribution in [0, 0.1) is 16.7 Å². The molecular formula is C23H27BrN2O3S. The summed E-state index contributed by atoms with van der Waals surface area (Å²) >= 11 is 3.32. The smallest absolute Gasteiger partial charge is 0.263 e. The number of carbonyl (C=O) groups excluding carboxylic acids is 1. The van der Waals surface area contributed by atoms with Gasteiger partial charge in [-0.3, -0.25) is 9.52 Å². The second-order valence-electron chi connectivity index (χ2n) is 9.44. The molecule has 3 atom stereocenters. The highest BCUT2D eigenvalue weighted by atomic mass is 79.9. The fourth-order valence-electron chi connectivity index (χ4n) is 5.44. The second kappa shape index (κ2) is 7.38. The molecule has 4 rings (SSSR count). The Bertz CT molecular complexity index is 1080. The monoisotopic (exact) mass is 490 g/mol. The van der Waals surface area contributed by atoms with E-state index in [1.807, 2.05) is 6.07 Å². The first-order chi connectivity index (χ1) is 14.0. The molecule has 0 aromatic heterocycles. The Morgan fingerprint density at radius 1 is 1.10 bits per heavy atom. The topological polar surface area (TPSA) is 75.3 Å². The lowest BCUT2D eigenvalue weighted by atomic mass is 9.68. The van der Waals surface area contributed by atoms with Crippen molar-refractivity contribution in [2.24, 2.45) is 16.7 Å². The SMILES string of the molecule is CC12CCC(C1)C(C)(C)C2NC(=O)c1ccc(Br)c(S(=O)(=O)Nc2ccccc2)c1. The van der Waals surface area contributed by atoms with Crippen LogP contribution in [0.15, 0.2) is 57.9 Å². The maximum atomic E-state index is 13.1. The second-order valence-corrected chi connectivity index (χ2v) is 11.9. The first-order valence-corrected chi connectivity index (χ1v) is 12.5. The first kappa shape index (κ1) is 21.4. The molecule has 0 saturated heterocycles. The summed E-state index contributed by atoms with van der Waals surface area (Å²) in [6.07, 6.45) is 3.46. The largest absolute Gasteiger partial charge is 0.348 e. The lowest BCUT2D eigenvalue weighted by Crippen LogP contribution is -2.52. The van der Waals surface area contributed by atoms with Crippen LogP contribution in [0.1, 0.15) is 50.4 Å². The Morgan fingerprint density at radius 3 is 2.43 bits per heavy atom. The quantitative estimate of drug-likeness (QED) is 0.604. The number of nitrogens with one attached hydrogen (secondary N) is 2. The number of carbonyl (C=O) groups is 1. The first-order valence-electron chi connectivity index (χ1n) is 10.2. The Morgan fingerprint density at radius 2 is 1.80 bits per heavy atom. The number of halogens is 1. The summed E-state index contributed by atoms with van der Waals surface area (Å²) in [5.74, 6) is 0.384. The van der Waals surface area contributed by atoms with E-state index in [-0.39, 0.29) is 27.7 Å². The van der Waals surface area contributed by atoms with Gasteiger partial charge in [-0.05, 0) is 82.3 Å². The van der Waals surface area contributed by atoms with Crippen molar-refractivity contribution in [3.63, 3.8) is 0 Å². The molecule has 0 spiro atoms. The Hall–Kier alpha value is -1.86. The highest BCUT2D eigenvalue weighted by Crippen LogP contribution is 2.62. The van der Waals surface area contributed by atoms with E-state index in [0.29, 0.717) is 21.6 Å². The lowest BCUT2D eigenvalue weighted by molar-refractivity contribution is 0.0737. The zero-order valence-corrected chi connectivity index (χ0v) is 19.8. The molecule has 0 radical (unpaired) electrons. The number of sulfonamides is 1. The van der Waals surface area contributed by atoms with E-state index in [1.54, 1.807) is 36.4 Å². The lowest BCUT2D eigenvalue weighted by Gasteiger charge is -2.43. The normalized spacial score (nSPS) is 27.1. The number of hydrogen-bond donors (Lipinski definition) is 2. The molecule has 160 valence electrons. The zero-order chi connectivity index (χ0) is 21.7. The van der Waals surface area contributed by atoms with Crippen LogP contribution in [0.2, 0.25) is 0 Å². The summed E-state index contributed by atoms with van der Waals surface area (Å²) in [6.45, 7) is 6.72. The van der Waals surface area contributed by atoms with Crippen LogP contribution < -0.4 is 10.0 Å². The van der Waals surface area contributed by atoms with Crippen LogP contribution in [0.4, 0.5) is 5.69 Å². The Labute approximate surface area is 186 Å². The van der Waals surface area contributed by atoms with Gasteiger partial charge >= 0.3 is 0 Å². The fourth-order valence-corrected chi connectivity index (χ4v) is 7.49. The Balaban J connectivity index is 1.59. The molecule has 2 fully saturated rings. The van der Waals surface area contributed by atoms with E-state index in [1.165, 1.54) is 12.5 Å². The predicted octanol–water partition coefficient (Wildman–Crippen LogP) is 5.19. The minimum Gasteiger partial charge on any atom is -0.348 e. The van der Waals surface area contributed by atoms with Crippen LogP contribution in [0.5, 0.6) is 0 Å². The summed E-state index contributed by atoms with van der Waals surface area (Å²) in [5.41, 5.74) is 0.940. The van der Waals surface area contributed by atoms with Gasteiger partial charge in [0.25, 0.3) is 15.9 Å². The van der Waals surface area contributed by atoms with Crippen LogP contribution in [0.25, 0.3) is 0 Å². The number of rotatable bonds is 5. The average molecular weight is 491 g/mol. The van der Waals surface area contributed by atoms with Gasteiger partial charge in [0.15, 0.2) is 0 Å². The molecule has 2 saturated carbocycles. The molecule has 2 aromatic carbocycles. The molecule has 2 aliphatic carbocycles. The van der Waals surface area contributed by atoms with E-state index in [9.17, 15) is 13.2 Å². The summed E-state index contributed by atoms with van der Waals surface area (Å²) in [4.78, 5) is 13.2. The molecular weight excluding hydrogens is 464 g/mol. The van der Waals surface area contributed by atoms with Gasteiger partial charge in [-0.15, -0.1) is 0 Å². The molecule has 30 heavy (non-hydrogen) atoms. The predicted molar refractivity (Wildman–Crippen MR) is 122 cm³/mol. The van der Waals surface area contributed by atoms with Crippen molar-refractivity contribution in [2.75, 3.05) is 4.72 Å². The van der Waals surface area contributed by atoms with Crippen molar-refractivity contribution in [3.8, 4) is 0 Å². The van der Waals surface area contributed by atoms with Crippen LogP contribution >= 0.6 is 15.9 Å². The molecule has 7 heteroatoms. The van der Waals surface area contributed by atoms with Crippen molar-refractivity contribution in [2.45, 2.75) is 51.0 Å². The third-order valence-electron chi connectivity index (χ3n) is 7.05. The molecule has 2 aliphatic rings. The number of anilines is 1. The van der Waals surface area contributed by atoms with Crippen molar-refractivity contribution in [1.29, 1.82) is 0 Å². The minimum absolute atomic E-state index is 0.0296. The summed E-state index contributed by atoms with van der Waals surface area (Å²) in [5, 5.41) is 3.24. The minimum atomic E-state index is -3.85. The van der Waals surface area contributed by atoms with Crippen LogP contribution in [-0.2, 0) is 10.0 Å². The third kappa shape index (κ3) is 3.66. The van der Waals surface area contributed by atoms with Gasteiger partial charge in [0.05, 0.1) is 0 Å². The highest BCUT2D eigenvalue weighted by molar-refractivity contribution is 9.10. The van der Waals surface area contributed by atoms with Gasteiger partial charge in [-0.2, -0.15) is 0 Å². The van der Waals surface area contributed by atoms with E-state index < -0.39 is 10.0 Å². The van der Waals surface area contributed by atoms with E-state index in [4.69, 9.17) is 0 Å². The maximum absolute atomic E-state index is 13.1. The summed E-state index contributed by atoms with van der Waals surface area (Å²) in [6, 6.07) is 13.5. The molecule has 0 aliphatic heterocycles. The molecule has 2 N–H and O–H groups in total. The number of para-hydroxylation sites is 1. The van der Waals surface area contributed by atoms with Gasteiger partial charge in [-0.1, -0.05) is 39.0 Å². The molecule has 2 aromatic rings. The van der Waals surface area contributed by atoms with E-state index in [0.717, 1.165) is 12.8 Å². The molecule has 1 amide bonds. The van der Waals surface area contributed by atoms with Gasteiger partial charge in [0.1, 0.15) is 4.90 Å². The fraction of sp³-hybridized carbons (Fsp3) is 0.435. The Kier molecular flexibility index (Phi) is 5.26. The molecule has 5 nitrogen and oxygen atoms in total. The van der Waals surface area contributed by atoms with Crippen molar-refractivity contribution in [3.05, 3.63) is 58.6 Å². The van der Waals surface area contributed by atoms with E-state index in [2.05, 4.69) is 46.7 Å². The van der Waals surface area contributed by atoms with Gasteiger partial charge < -0.3 is 5.32 Å². The van der Waals surface area contributed by atoms with Crippen LogP contribution in [0.3, 0.4) is 0 Å². The molecule has 3 unspecified atom stereocenters. The number of amides is 1. The van der Waals surface area contributed by atoms with Gasteiger partial charge in [0, 0.05) is 21.8 Å². The average Bonchev–Trinajstić information content (AvgIpc) is 3.17. The highest BCUT2D eigenvalue weighted by Gasteiger charge is 2.59. The zero-order valence-electron chi connectivity index (χ0n) is 17.4. The maximum Gasteiger partial charge on any atom is 0.263 e. The van der Waals surface area contributed by atoms with Gasteiger partial charge in [0.2, 0.25) is 0 Å². The standard InChI is InChI=1S/C23H27BrN2O3S/c1-22(2)16-11-12-23(3,14-16)21(22)25-20(27)15-9-10-18(24)19(13-15)30(28,29)26-17-7-5-4-6-8-17/h4-10,13,16,21,26H,11-12,14H2,1-3H3,(H,25,27). The molecule has 0 heterocycles. The van der Waals surface area contributed by atoms with Crippen molar-refractivity contribution >= 4 is 37.5 Å². The van der Waals surface area contributed by atoms with Crippen molar-refractivity contribution < 1.29 is 13.2 Å². The summed E-state index contributed by atoms with van der Waals surface area (Å²) < 4.78 is 28.8. The molecule has 2 bridgehead atoms. The van der Waals surface area contributed by atoms with Crippen LogP contribution in [-0.4, -0.2) is 20.4 Å². The van der Waals surface area contributed by atoms with Gasteiger partial charge in [-0.25, -0.2) is 8.42 Å². The summed E-state index contributed by atoms with van der Waals surface area (Å²) in [7, 11) is -3.85. The number of hydrogen-bond acceptors (Lipinski definition) is 3. The third-order valence-corrected chi connectivity index (χ3v) is 9.43. The number of fused-ring (bicyclic) bond motifs is 2.